The third kappa shape index (κ3) is 4.92. The average Bonchev–Trinajstić information content (AvgIpc) is 3.22. The predicted molar refractivity (Wildman–Crippen MR) is 109 cm³/mol. The van der Waals surface area contributed by atoms with Crippen molar-refractivity contribution in [1.29, 1.82) is 0 Å². The summed E-state index contributed by atoms with van der Waals surface area (Å²) in [4.78, 5) is 8.88. The van der Waals surface area contributed by atoms with Gasteiger partial charge in [0.2, 0.25) is 5.88 Å². The first-order valence-corrected chi connectivity index (χ1v) is 9.89. The van der Waals surface area contributed by atoms with Crippen LogP contribution in [0, 0.1) is 5.41 Å². The Balaban J connectivity index is 1.36. The lowest BCUT2D eigenvalue weighted by Crippen LogP contribution is -2.41. The zero-order valence-corrected chi connectivity index (χ0v) is 16.9. The van der Waals surface area contributed by atoms with Crippen LogP contribution in [0.25, 0.3) is 11.5 Å². The molecule has 1 fully saturated rings. The van der Waals surface area contributed by atoms with E-state index < -0.39 is 0 Å². The molecule has 7 nitrogen and oxygen atoms in total. The molecule has 3 heterocycles. The summed E-state index contributed by atoms with van der Waals surface area (Å²) in [5.74, 6) is 2.52. The molecule has 0 unspecified atom stereocenters. The van der Waals surface area contributed by atoms with E-state index in [1.807, 2.05) is 36.4 Å². The first-order chi connectivity index (χ1) is 14.1. The molecular weight excluding hydrogens is 368 g/mol. The molecule has 152 valence electrons. The van der Waals surface area contributed by atoms with Crippen LogP contribution in [0.2, 0.25) is 0 Å². The minimum Gasteiger partial charge on any atom is -0.497 e. The molecular formula is C22H26N4O3. The molecule has 0 radical (unpaired) electrons. The smallest absolute Gasteiger partial charge is 0.259 e. The Labute approximate surface area is 170 Å². The van der Waals surface area contributed by atoms with E-state index in [2.05, 4.69) is 27.4 Å². The van der Waals surface area contributed by atoms with E-state index in [9.17, 15) is 0 Å². The maximum Gasteiger partial charge on any atom is 0.259 e. The van der Waals surface area contributed by atoms with Gasteiger partial charge >= 0.3 is 0 Å². The fourth-order valence-corrected chi connectivity index (χ4v) is 3.45. The number of hydrogen-bond acceptors (Lipinski definition) is 7. The van der Waals surface area contributed by atoms with Crippen molar-refractivity contribution >= 4 is 0 Å². The molecule has 7 heteroatoms. The van der Waals surface area contributed by atoms with E-state index in [4.69, 9.17) is 14.0 Å². The van der Waals surface area contributed by atoms with Crippen LogP contribution in [0.4, 0.5) is 0 Å². The Hall–Kier alpha value is -2.93. The van der Waals surface area contributed by atoms with Crippen molar-refractivity contribution in [1.82, 2.24) is 20.4 Å². The van der Waals surface area contributed by atoms with Gasteiger partial charge in [0.15, 0.2) is 5.82 Å². The van der Waals surface area contributed by atoms with Gasteiger partial charge in [-0.15, -0.1) is 0 Å². The molecule has 0 spiro atoms. The standard InChI is InChI=1S/C22H26N4O3/c1-22(10-3-11-23-14-22)15-28-20-9-6-17(13-24-20)21-25-19(26-29-21)12-16-4-7-18(27-2)8-5-16/h4-9,13,23H,3,10-12,14-15H2,1-2H3/t22-/m1/s1. The third-order valence-electron chi connectivity index (χ3n) is 5.23. The number of methoxy groups -OCH3 is 1. The fourth-order valence-electron chi connectivity index (χ4n) is 3.45. The number of benzene rings is 1. The molecule has 4 rings (SSSR count). The fraction of sp³-hybridized carbons (Fsp3) is 0.409. The second-order valence-electron chi connectivity index (χ2n) is 7.81. The van der Waals surface area contributed by atoms with Crippen molar-refractivity contribution in [2.75, 3.05) is 26.8 Å². The number of nitrogens with one attached hydrogen (secondary N) is 1. The van der Waals surface area contributed by atoms with E-state index in [1.165, 1.54) is 6.42 Å². The minimum absolute atomic E-state index is 0.154. The normalized spacial score (nSPS) is 19.1. The van der Waals surface area contributed by atoms with Crippen molar-refractivity contribution in [2.45, 2.75) is 26.2 Å². The summed E-state index contributed by atoms with van der Waals surface area (Å²) < 4.78 is 16.5. The first-order valence-electron chi connectivity index (χ1n) is 9.89. The summed E-state index contributed by atoms with van der Waals surface area (Å²) in [6, 6.07) is 11.6. The van der Waals surface area contributed by atoms with E-state index >= 15 is 0 Å². The number of nitrogens with zero attached hydrogens (tertiary/aromatic N) is 3. The van der Waals surface area contributed by atoms with Gasteiger partial charge in [-0.25, -0.2) is 4.98 Å². The van der Waals surface area contributed by atoms with Gasteiger partial charge < -0.3 is 19.3 Å². The average molecular weight is 394 g/mol. The van der Waals surface area contributed by atoms with Crippen LogP contribution in [0.1, 0.15) is 31.2 Å². The van der Waals surface area contributed by atoms with Crippen LogP contribution in [-0.2, 0) is 6.42 Å². The second kappa shape index (κ2) is 8.61. The van der Waals surface area contributed by atoms with Crippen LogP contribution in [0.5, 0.6) is 11.6 Å². The maximum atomic E-state index is 5.91. The highest BCUT2D eigenvalue weighted by Crippen LogP contribution is 2.27. The first kappa shape index (κ1) is 19.4. The zero-order chi connectivity index (χ0) is 20.1. The summed E-state index contributed by atoms with van der Waals surface area (Å²) in [7, 11) is 1.65. The number of aromatic nitrogens is 3. The Morgan fingerprint density at radius 2 is 2.03 bits per heavy atom. The van der Waals surface area contributed by atoms with E-state index in [1.54, 1.807) is 13.3 Å². The topological polar surface area (TPSA) is 82.3 Å². The Morgan fingerprint density at radius 3 is 2.72 bits per heavy atom. The lowest BCUT2D eigenvalue weighted by Gasteiger charge is -2.33. The van der Waals surface area contributed by atoms with Crippen LogP contribution >= 0.6 is 0 Å². The lowest BCUT2D eigenvalue weighted by atomic mass is 9.84. The molecule has 1 N–H and O–H groups in total. The zero-order valence-electron chi connectivity index (χ0n) is 16.9. The van der Waals surface area contributed by atoms with Crippen LogP contribution in [0.15, 0.2) is 47.1 Å². The number of ether oxygens (including phenoxy) is 2. The molecule has 1 aliphatic rings. The second-order valence-corrected chi connectivity index (χ2v) is 7.81. The van der Waals surface area contributed by atoms with Gasteiger partial charge in [0.25, 0.3) is 5.89 Å². The van der Waals surface area contributed by atoms with Gasteiger partial charge in [0.1, 0.15) is 5.75 Å². The highest BCUT2D eigenvalue weighted by molar-refractivity contribution is 5.51. The summed E-state index contributed by atoms with van der Waals surface area (Å²) >= 11 is 0. The molecule has 2 aromatic heterocycles. The Bertz CT molecular complexity index is 916. The van der Waals surface area contributed by atoms with Gasteiger partial charge in [-0.1, -0.05) is 24.2 Å². The van der Waals surface area contributed by atoms with Crippen molar-refractivity contribution in [3.63, 3.8) is 0 Å². The molecule has 0 aliphatic carbocycles. The van der Waals surface area contributed by atoms with Gasteiger partial charge in [-0.2, -0.15) is 4.98 Å². The van der Waals surface area contributed by atoms with Gasteiger partial charge in [0.05, 0.1) is 19.3 Å². The Morgan fingerprint density at radius 1 is 1.17 bits per heavy atom. The molecule has 1 aliphatic heterocycles. The molecule has 0 bridgehead atoms. The summed E-state index contributed by atoms with van der Waals surface area (Å²) in [6.07, 6.45) is 4.65. The predicted octanol–water partition coefficient (Wildman–Crippen LogP) is 3.50. The maximum absolute atomic E-state index is 5.91. The van der Waals surface area contributed by atoms with Gasteiger partial charge in [-0.05, 0) is 43.1 Å². The van der Waals surface area contributed by atoms with E-state index in [-0.39, 0.29) is 5.41 Å². The SMILES string of the molecule is COc1ccc(Cc2noc(-c3ccc(OC[C@]4(C)CCCNC4)nc3)n2)cc1. The van der Waals surface area contributed by atoms with Crippen molar-refractivity contribution in [3.05, 3.63) is 54.0 Å². The van der Waals surface area contributed by atoms with E-state index in [0.29, 0.717) is 30.6 Å². The highest BCUT2D eigenvalue weighted by Gasteiger charge is 2.27. The number of pyridine rings is 1. The molecule has 0 amide bonds. The highest BCUT2D eigenvalue weighted by atomic mass is 16.5. The van der Waals surface area contributed by atoms with Crippen molar-refractivity contribution in [2.24, 2.45) is 5.41 Å². The van der Waals surface area contributed by atoms with Crippen LogP contribution in [-0.4, -0.2) is 41.9 Å². The van der Waals surface area contributed by atoms with Gasteiger partial charge in [-0.3, -0.25) is 0 Å². The molecule has 1 atom stereocenters. The van der Waals surface area contributed by atoms with Crippen LogP contribution in [0.3, 0.4) is 0 Å². The number of piperidine rings is 1. The summed E-state index contributed by atoms with van der Waals surface area (Å²) in [6.45, 7) is 4.96. The summed E-state index contributed by atoms with van der Waals surface area (Å²) in [5.41, 5.74) is 2.02. The Kier molecular flexibility index (Phi) is 5.76. The number of hydrogen-bond donors (Lipinski definition) is 1. The summed E-state index contributed by atoms with van der Waals surface area (Å²) in [5, 5.41) is 7.51. The van der Waals surface area contributed by atoms with E-state index in [0.717, 1.165) is 36.4 Å². The number of rotatable bonds is 7. The lowest BCUT2D eigenvalue weighted by molar-refractivity contribution is 0.125. The molecule has 3 aromatic rings. The minimum atomic E-state index is 0.154. The van der Waals surface area contributed by atoms with Gasteiger partial charge in [0, 0.05) is 30.6 Å². The van der Waals surface area contributed by atoms with Crippen LogP contribution < -0.4 is 14.8 Å². The molecule has 29 heavy (non-hydrogen) atoms. The van der Waals surface area contributed by atoms with Crippen molar-refractivity contribution < 1.29 is 14.0 Å². The van der Waals surface area contributed by atoms with Crippen molar-refractivity contribution in [3.8, 4) is 23.1 Å². The monoisotopic (exact) mass is 394 g/mol. The third-order valence-corrected chi connectivity index (χ3v) is 5.23. The molecule has 1 saturated heterocycles. The molecule has 0 saturated carbocycles. The molecule has 1 aromatic carbocycles. The largest absolute Gasteiger partial charge is 0.497 e. The quantitative estimate of drug-likeness (QED) is 0.657.